The molecule has 1 saturated heterocycles. The maximum absolute atomic E-state index is 14.0. The second-order valence-corrected chi connectivity index (χ2v) is 8.39. The second kappa shape index (κ2) is 10.3. The van der Waals surface area contributed by atoms with Crippen molar-refractivity contribution in [2.45, 2.75) is 76.6 Å². The van der Waals surface area contributed by atoms with Gasteiger partial charge in [0.25, 0.3) is 0 Å². The first-order chi connectivity index (χ1) is 14.3. The molecule has 1 aromatic rings. The summed E-state index contributed by atoms with van der Waals surface area (Å²) in [7, 11) is 0. The highest BCUT2D eigenvalue weighted by Gasteiger charge is 2.36. The zero-order chi connectivity index (χ0) is 21.7. The van der Waals surface area contributed by atoms with E-state index in [0.717, 1.165) is 25.9 Å². The van der Waals surface area contributed by atoms with Crippen LogP contribution in [0.15, 0.2) is 12.1 Å². The summed E-state index contributed by atoms with van der Waals surface area (Å²) in [6.07, 6.45) is 3.75. The van der Waals surface area contributed by atoms with Crippen molar-refractivity contribution in [1.29, 1.82) is 0 Å². The third-order valence-electron chi connectivity index (χ3n) is 6.06. The summed E-state index contributed by atoms with van der Waals surface area (Å²) >= 11 is 0. The fourth-order valence-corrected chi connectivity index (χ4v) is 4.47. The molecule has 1 aromatic carbocycles. The van der Waals surface area contributed by atoms with Gasteiger partial charge < -0.3 is 14.2 Å². The Labute approximate surface area is 173 Å². The Hall–Kier alpha value is -1.41. The smallest absolute Gasteiger partial charge is 0.421 e. The quantitative estimate of drug-likeness (QED) is 0.356. The van der Waals surface area contributed by atoms with Crippen LogP contribution < -0.4 is 4.74 Å². The van der Waals surface area contributed by atoms with Crippen molar-refractivity contribution in [3.05, 3.63) is 29.6 Å². The standard InChI is InChI=1S/C22H29F5O3/c1-2-3-14-4-9-20(28-12-14)15-5-7-16(8-6-15)29-13-22(26,27)30-17-10-18(23)21(25)19(24)11-17/h10-11,14-16,20H,2-9,12-13H2,1H3. The van der Waals surface area contributed by atoms with Crippen LogP contribution in [0.1, 0.15) is 58.3 Å². The van der Waals surface area contributed by atoms with E-state index in [2.05, 4.69) is 11.7 Å². The molecule has 30 heavy (non-hydrogen) atoms. The Morgan fingerprint density at radius 2 is 1.67 bits per heavy atom. The third kappa shape index (κ3) is 6.30. The van der Waals surface area contributed by atoms with Crippen LogP contribution in [-0.2, 0) is 9.47 Å². The van der Waals surface area contributed by atoms with Crippen LogP contribution in [0, 0.1) is 29.3 Å². The summed E-state index contributed by atoms with van der Waals surface area (Å²) in [6, 6.07) is 0.763. The molecule has 3 nitrogen and oxygen atoms in total. The lowest BCUT2D eigenvalue weighted by Crippen LogP contribution is -2.37. The first-order valence-electron chi connectivity index (χ1n) is 10.7. The number of ether oxygens (including phenoxy) is 3. The highest BCUT2D eigenvalue weighted by Crippen LogP contribution is 2.36. The summed E-state index contributed by atoms with van der Waals surface area (Å²) in [4.78, 5) is 0. The Bertz CT molecular complexity index is 660. The maximum Gasteiger partial charge on any atom is 0.421 e. The monoisotopic (exact) mass is 436 g/mol. The Morgan fingerprint density at radius 1 is 1.00 bits per heavy atom. The number of halogens is 5. The second-order valence-electron chi connectivity index (χ2n) is 8.39. The molecule has 0 radical (unpaired) electrons. The lowest BCUT2D eigenvalue weighted by Gasteiger charge is -2.38. The summed E-state index contributed by atoms with van der Waals surface area (Å²) in [5.74, 6) is -4.64. The lowest BCUT2D eigenvalue weighted by atomic mass is 9.80. The van der Waals surface area contributed by atoms with Crippen LogP contribution in [0.5, 0.6) is 5.75 Å². The predicted octanol–water partition coefficient (Wildman–Crippen LogP) is 6.25. The summed E-state index contributed by atoms with van der Waals surface area (Å²) in [5, 5.41) is 0. The van der Waals surface area contributed by atoms with E-state index in [1.54, 1.807) is 0 Å². The fourth-order valence-electron chi connectivity index (χ4n) is 4.47. The van der Waals surface area contributed by atoms with Gasteiger partial charge in [0.15, 0.2) is 24.1 Å². The predicted molar refractivity (Wildman–Crippen MR) is 101 cm³/mol. The van der Waals surface area contributed by atoms with Gasteiger partial charge in [-0.25, -0.2) is 13.2 Å². The number of alkyl halides is 2. The zero-order valence-electron chi connectivity index (χ0n) is 17.1. The average molecular weight is 436 g/mol. The first-order valence-corrected chi connectivity index (χ1v) is 10.7. The molecule has 1 saturated carbocycles. The summed E-state index contributed by atoms with van der Waals surface area (Å²) in [6.45, 7) is 1.95. The van der Waals surface area contributed by atoms with Gasteiger partial charge in [-0.2, -0.15) is 8.78 Å². The molecular weight excluding hydrogens is 407 g/mol. The molecule has 0 aromatic heterocycles. The third-order valence-corrected chi connectivity index (χ3v) is 6.06. The normalized spacial score (nSPS) is 27.8. The highest BCUT2D eigenvalue weighted by atomic mass is 19.3. The van der Waals surface area contributed by atoms with Gasteiger partial charge >= 0.3 is 6.11 Å². The maximum atomic E-state index is 14.0. The van der Waals surface area contributed by atoms with E-state index in [0.29, 0.717) is 36.8 Å². The molecule has 2 unspecified atom stereocenters. The van der Waals surface area contributed by atoms with Crippen molar-refractivity contribution in [2.75, 3.05) is 13.2 Å². The molecule has 1 aliphatic heterocycles. The van der Waals surface area contributed by atoms with E-state index in [1.165, 1.54) is 19.3 Å². The molecule has 0 N–H and O–H groups in total. The van der Waals surface area contributed by atoms with E-state index in [-0.39, 0.29) is 12.2 Å². The van der Waals surface area contributed by atoms with Crippen molar-refractivity contribution in [2.24, 2.45) is 11.8 Å². The minimum absolute atomic E-state index is 0.243. The number of hydrogen-bond acceptors (Lipinski definition) is 3. The van der Waals surface area contributed by atoms with E-state index < -0.39 is 35.9 Å². The first kappa shape index (κ1) is 23.3. The van der Waals surface area contributed by atoms with Crippen LogP contribution in [0.25, 0.3) is 0 Å². The largest absolute Gasteiger partial charge is 0.431 e. The van der Waals surface area contributed by atoms with Crippen molar-refractivity contribution in [3.8, 4) is 5.75 Å². The van der Waals surface area contributed by atoms with E-state index in [9.17, 15) is 22.0 Å². The van der Waals surface area contributed by atoms with Crippen LogP contribution >= 0.6 is 0 Å². The van der Waals surface area contributed by atoms with E-state index in [4.69, 9.17) is 9.47 Å². The number of rotatable bonds is 8. The van der Waals surface area contributed by atoms with Crippen molar-refractivity contribution in [3.63, 3.8) is 0 Å². The minimum Gasteiger partial charge on any atom is -0.431 e. The van der Waals surface area contributed by atoms with Crippen LogP contribution in [0.4, 0.5) is 22.0 Å². The molecule has 1 heterocycles. The van der Waals surface area contributed by atoms with Gasteiger partial charge in [-0.15, -0.1) is 0 Å². The average Bonchev–Trinajstić information content (AvgIpc) is 2.71. The molecule has 170 valence electrons. The van der Waals surface area contributed by atoms with Gasteiger partial charge in [0, 0.05) is 18.7 Å². The molecule has 0 spiro atoms. The van der Waals surface area contributed by atoms with Gasteiger partial charge in [0.1, 0.15) is 5.75 Å². The van der Waals surface area contributed by atoms with Gasteiger partial charge in [-0.3, -0.25) is 0 Å². The molecular formula is C22H29F5O3. The van der Waals surface area contributed by atoms with Crippen LogP contribution in [0.2, 0.25) is 0 Å². The Morgan fingerprint density at radius 3 is 2.23 bits per heavy atom. The SMILES string of the molecule is CCCC1CCC(C2CCC(OCC(F)(F)Oc3cc(F)c(F)c(F)c3)CC2)OC1. The summed E-state index contributed by atoms with van der Waals surface area (Å²) < 4.78 is 82.9. The molecule has 1 aliphatic carbocycles. The van der Waals surface area contributed by atoms with Crippen LogP contribution in [0.3, 0.4) is 0 Å². The van der Waals surface area contributed by atoms with Crippen molar-refractivity contribution in [1.82, 2.24) is 0 Å². The van der Waals surface area contributed by atoms with Gasteiger partial charge in [0.05, 0.1) is 12.2 Å². The molecule has 2 atom stereocenters. The molecule has 8 heteroatoms. The van der Waals surface area contributed by atoms with Gasteiger partial charge in [-0.05, 0) is 56.8 Å². The summed E-state index contributed by atoms with van der Waals surface area (Å²) in [5.41, 5.74) is 0. The number of hydrogen-bond donors (Lipinski definition) is 0. The van der Waals surface area contributed by atoms with Crippen LogP contribution in [-0.4, -0.2) is 31.5 Å². The lowest BCUT2D eigenvalue weighted by molar-refractivity contribution is -0.223. The topological polar surface area (TPSA) is 27.7 Å². The van der Waals surface area contributed by atoms with Gasteiger partial charge in [0.2, 0.25) is 0 Å². The van der Waals surface area contributed by atoms with E-state index in [1.807, 2.05) is 0 Å². The molecule has 0 bridgehead atoms. The fraction of sp³-hybridized carbons (Fsp3) is 0.727. The highest BCUT2D eigenvalue weighted by molar-refractivity contribution is 5.25. The molecule has 3 rings (SSSR count). The van der Waals surface area contributed by atoms with E-state index >= 15 is 0 Å². The molecule has 2 aliphatic rings. The van der Waals surface area contributed by atoms with Crippen molar-refractivity contribution >= 4 is 0 Å². The minimum atomic E-state index is -3.78. The molecule has 0 amide bonds. The van der Waals surface area contributed by atoms with Gasteiger partial charge in [-0.1, -0.05) is 13.3 Å². The molecule has 2 fully saturated rings. The zero-order valence-corrected chi connectivity index (χ0v) is 17.1. The Balaban J connectivity index is 1.41. The van der Waals surface area contributed by atoms with Crippen molar-refractivity contribution < 1.29 is 36.2 Å². The number of benzene rings is 1. The Kier molecular flexibility index (Phi) is 7.96.